The number of aromatic carboxylic acids is 1. The first-order valence-electron chi connectivity index (χ1n) is 9.02. The van der Waals surface area contributed by atoms with E-state index in [0.29, 0.717) is 44.6 Å². The summed E-state index contributed by atoms with van der Waals surface area (Å²) in [7, 11) is 0. The van der Waals surface area contributed by atoms with Crippen LogP contribution >= 0.6 is 0 Å². The standard InChI is InChI=1S/C20H21N3O5/c24-17-7-6-16(13-21-17)19(26)23-11-9-22(10-12-23)18(25)8-3-14-1-4-15(5-2-14)20(27)28/h1-2,4-7,13H,3,8-12H2,(H,21,24)(H,27,28). The van der Waals surface area contributed by atoms with E-state index in [2.05, 4.69) is 4.98 Å². The first kappa shape index (κ1) is 19.3. The summed E-state index contributed by atoms with van der Waals surface area (Å²) >= 11 is 0. The molecule has 1 aliphatic rings. The number of aromatic nitrogens is 1. The Morgan fingerprint density at radius 2 is 1.50 bits per heavy atom. The first-order valence-corrected chi connectivity index (χ1v) is 9.02. The topological polar surface area (TPSA) is 111 Å². The fourth-order valence-electron chi connectivity index (χ4n) is 3.11. The largest absolute Gasteiger partial charge is 0.478 e. The zero-order chi connectivity index (χ0) is 20.1. The van der Waals surface area contributed by atoms with Crippen LogP contribution in [0.15, 0.2) is 47.4 Å². The predicted molar refractivity (Wildman–Crippen MR) is 101 cm³/mol. The fraction of sp³-hybridized carbons (Fsp3) is 0.300. The summed E-state index contributed by atoms with van der Waals surface area (Å²) in [4.78, 5) is 52.7. The Labute approximate surface area is 161 Å². The zero-order valence-corrected chi connectivity index (χ0v) is 15.3. The second-order valence-corrected chi connectivity index (χ2v) is 6.62. The summed E-state index contributed by atoms with van der Waals surface area (Å²) in [5.41, 5.74) is 1.29. The number of aryl methyl sites for hydroxylation is 1. The van der Waals surface area contributed by atoms with Crippen molar-refractivity contribution in [2.24, 2.45) is 0 Å². The van der Waals surface area contributed by atoms with Gasteiger partial charge in [-0.25, -0.2) is 4.79 Å². The van der Waals surface area contributed by atoms with E-state index in [1.54, 1.807) is 21.9 Å². The molecule has 0 radical (unpaired) electrons. The Bertz CT molecular complexity index is 907. The minimum atomic E-state index is -0.975. The summed E-state index contributed by atoms with van der Waals surface area (Å²) < 4.78 is 0. The monoisotopic (exact) mass is 383 g/mol. The van der Waals surface area contributed by atoms with E-state index in [-0.39, 0.29) is 22.9 Å². The Hall–Kier alpha value is -3.42. The van der Waals surface area contributed by atoms with E-state index in [4.69, 9.17) is 5.11 Å². The Morgan fingerprint density at radius 3 is 2.07 bits per heavy atom. The molecule has 2 aromatic rings. The molecule has 1 aliphatic heterocycles. The molecule has 146 valence electrons. The molecule has 3 rings (SSSR count). The normalized spacial score (nSPS) is 14.0. The number of hydrogen-bond acceptors (Lipinski definition) is 4. The molecule has 8 nitrogen and oxygen atoms in total. The molecule has 8 heteroatoms. The summed E-state index contributed by atoms with van der Waals surface area (Å²) in [5.74, 6) is -1.13. The van der Waals surface area contributed by atoms with Gasteiger partial charge in [0.2, 0.25) is 11.5 Å². The number of piperazine rings is 1. The molecule has 0 bridgehead atoms. The molecule has 0 spiro atoms. The highest BCUT2D eigenvalue weighted by molar-refractivity contribution is 5.94. The van der Waals surface area contributed by atoms with Gasteiger partial charge in [0.05, 0.1) is 11.1 Å². The highest BCUT2D eigenvalue weighted by atomic mass is 16.4. The van der Waals surface area contributed by atoms with Gasteiger partial charge in [-0.3, -0.25) is 14.4 Å². The van der Waals surface area contributed by atoms with Crippen LogP contribution in [0, 0.1) is 0 Å². The van der Waals surface area contributed by atoms with Crippen molar-refractivity contribution in [3.8, 4) is 0 Å². The first-order chi connectivity index (χ1) is 13.4. The van der Waals surface area contributed by atoms with Crippen LogP contribution in [-0.2, 0) is 11.2 Å². The van der Waals surface area contributed by atoms with Crippen LogP contribution in [0.2, 0.25) is 0 Å². The third-order valence-electron chi connectivity index (χ3n) is 4.78. The van der Waals surface area contributed by atoms with E-state index in [0.717, 1.165) is 5.56 Å². The van der Waals surface area contributed by atoms with Crippen LogP contribution in [-0.4, -0.2) is 63.9 Å². The summed E-state index contributed by atoms with van der Waals surface area (Å²) in [6.45, 7) is 1.81. The molecule has 2 amide bonds. The van der Waals surface area contributed by atoms with E-state index in [9.17, 15) is 19.2 Å². The van der Waals surface area contributed by atoms with Crippen molar-refractivity contribution in [2.75, 3.05) is 26.2 Å². The van der Waals surface area contributed by atoms with Crippen LogP contribution in [0.1, 0.15) is 32.7 Å². The second-order valence-electron chi connectivity index (χ2n) is 6.62. The molecule has 1 aromatic heterocycles. The van der Waals surface area contributed by atoms with Gasteiger partial charge in [0.15, 0.2) is 0 Å². The fourth-order valence-corrected chi connectivity index (χ4v) is 3.11. The SMILES string of the molecule is O=C(O)c1ccc(CCC(=O)N2CCN(C(=O)c3ccc(=O)[nH]c3)CC2)cc1. The molecular weight excluding hydrogens is 362 g/mol. The van der Waals surface area contributed by atoms with E-state index < -0.39 is 5.97 Å². The molecule has 1 saturated heterocycles. The lowest BCUT2D eigenvalue weighted by atomic mass is 10.1. The minimum absolute atomic E-state index is 0.0125. The van der Waals surface area contributed by atoms with Crippen LogP contribution < -0.4 is 5.56 Å². The number of carbonyl (C=O) groups excluding carboxylic acids is 2. The van der Waals surface area contributed by atoms with E-state index in [1.165, 1.54) is 30.5 Å². The number of H-pyrrole nitrogens is 1. The number of amides is 2. The van der Waals surface area contributed by atoms with E-state index >= 15 is 0 Å². The van der Waals surface area contributed by atoms with Gasteiger partial charge in [-0.15, -0.1) is 0 Å². The number of carbonyl (C=O) groups is 3. The van der Waals surface area contributed by atoms with Gasteiger partial charge in [0.25, 0.3) is 5.91 Å². The summed E-state index contributed by atoms with van der Waals surface area (Å²) in [6, 6.07) is 9.31. The van der Waals surface area contributed by atoms with Crippen LogP contribution in [0.4, 0.5) is 0 Å². The van der Waals surface area contributed by atoms with Crippen molar-refractivity contribution < 1.29 is 19.5 Å². The number of nitrogens with one attached hydrogen (secondary N) is 1. The molecule has 2 N–H and O–H groups in total. The molecule has 0 atom stereocenters. The average molecular weight is 383 g/mol. The number of rotatable bonds is 5. The number of benzene rings is 1. The maximum Gasteiger partial charge on any atom is 0.335 e. The van der Waals surface area contributed by atoms with Gasteiger partial charge in [0.1, 0.15) is 0 Å². The number of hydrogen-bond donors (Lipinski definition) is 2. The van der Waals surface area contributed by atoms with Crippen molar-refractivity contribution >= 4 is 17.8 Å². The van der Waals surface area contributed by atoms with Gasteiger partial charge in [-0.05, 0) is 30.2 Å². The third-order valence-corrected chi connectivity index (χ3v) is 4.78. The lowest BCUT2D eigenvalue weighted by Gasteiger charge is -2.34. The molecule has 0 unspecified atom stereocenters. The van der Waals surface area contributed by atoms with Gasteiger partial charge >= 0.3 is 5.97 Å². The lowest BCUT2D eigenvalue weighted by molar-refractivity contribution is -0.132. The maximum atomic E-state index is 12.4. The van der Waals surface area contributed by atoms with Crippen LogP contribution in [0.5, 0.6) is 0 Å². The van der Waals surface area contributed by atoms with Crippen molar-refractivity contribution in [3.05, 3.63) is 69.6 Å². The summed E-state index contributed by atoms with van der Waals surface area (Å²) in [6.07, 6.45) is 2.27. The van der Waals surface area contributed by atoms with Crippen molar-refractivity contribution in [1.29, 1.82) is 0 Å². The van der Waals surface area contributed by atoms with Gasteiger partial charge in [-0.1, -0.05) is 12.1 Å². The molecule has 1 aromatic carbocycles. The summed E-state index contributed by atoms with van der Waals surface area (Å²) in [5, 5.41) is 8.90. The zero-order valence-electron chi connectivity index (χ0n) is 15.3. The highest BCUT2D eigenvalue weighted by Gasteiger charge is 2.24. The quantitative estimate of drug-likeness (QED) is 0.800. The molecule has 0 aliphatic carbocycles. The number of pyridine rings is 1. The number of carboxylic acids is 1. The molecule has 2 heterocycles. The lowest BCUT2D eigenvalue weighted by Crippen LogP contribution is -2.50. The Kier molecular flexibility index (Phi) is 5.88. The average Bonchev–Trinajstić information content (AvgIpc) is 2.72. The second kappa shape index (κ2) is 8.51. The van der Waals surface area contributed by atoms with Crippen LogP contribution in [0.3, 0.4) is 0 Å². The molecular formula is C20H21N3O5. The molecule has 28 heavy (non-hydrogen) atoms. The molecule has 0 saturated carbocycles. The number of nitrogens with zero attached hydrogens (tertiary/aromatic N) is 2. The van der Waals surface area contributed by atoms with Gasteiger partial charge in [0, 0.05) is 44.9 Å². The Morgan fingerprint density at radius 1 is 0.893 bits per heavy atom. The minimum Gasteiger partial charge on any atom is -0.478 e. The van der Waals surface area contributed by atoms with E-state index in [1.807, 2.05) is 0 Å². The smallest absolute Gasteiger partial charge is 0.335 e. The number of carboxylic acid groups (broad SMARTS) is 1. The number of aromatic amines is 1. The molecule has 1 fully saturated rings. The highest BCUT2D eigenvalue weighted by Crippen LogP contribution is 2.11. The van der Waals surface area contributed by atoms with Crippen molar-refractivity contribution in [1.82, 2.24) is 14.8 Å². The maximum absolute atomic E-state index is 12.4. The van der Waals surface area contributed by atoms with Gasteiger partial charge in [-0.2, -0.15) is 0 Å². The van der Waals surface area contributed by atoms with Crippen LogP contribution in [0.25, 0.3) is 0 Å². The van der Waals surface area contributed by atoms with Gasteiger partial charge < -0.3 is 19.9 Å². The third kappa shape index (κ3) is 4.64. The van der Waals surface area contributed by atoms with Crippen molar-refractivity contribution in [2.45, 2.75) is 12.8 Å². The predicted octanol–water partition coefficient (Wildman–Crippen LogP) is 0.990. The Balaban J connectivity index is 1.48. The van der Waals surface area contributed by atoms with Crippen molar-refractivity contribution in [3.63, 3.8) is 0 Å².